The lowest BCUT2D eigenvalue weighted by atomic mass is 9.88. The molecule has 1 saturated heterocycles. The van der Waals surface area contributed by atoms with Gasteiger partial charge in [-0.05, 0) is 19.1 Å². The Hall–Kier alpha value is -3.09. The highest BCUT2D eigenvalue weighted by Crippen LogP contribution is 2.33. The number of pyridine rings is 1. The van der Waals surface area contributed by atoms with Gasteiger partial charge in [0, 0.05) is 17.3 Å². The second kappa shape index (κ2) is 5.84. The van der Waals surface area contributed by atoms with E-state index in [-0.39, 0.29) is 12.1 Å². The summed E-state index contributed by atoms with van der Waals surface area (Å²) in [6, 6.07) is 9.73. The molecule has 1 aliphatic rings. The number of hydrogen-bond acceptors (Lipinski definition) is 4. The Morgan fingerprint density at radius 1 is 1.12 bits per heavy atom. The molecule has 1 atom stereocenters. The van der Waals surface area contributed by atoms with Crippen LogP contribution in [0.1, 0.15) is 11.1 Å². The van der Waals surface area contributed by atoms with Crippen molar-refractivity contribution in [2.45, 2.75) is 19.0 Å². The molecule has 0 bridgehead atoms. The molecule has 0 spiro atoms. The minimum absolute atomic E-state index is 0.0363. The van der Waals surface area contributed by atoms with Crippen LogP contribution in [0, 0.1) is 6.92 Å². The van der Waals surface area contributed by atoms with E-state index in [1.807, 2.05) is 0 Å². The molecule has 3 amide bonds. The first-order valence-electron chi connectivity index (χ1n) is 7.41. The quantitative estimate of drug-likeness (QED) is 0.817. The van der Waals surface area contributed by atoms with E-state index in [1.165, 1.54) is 11.7 Å². The predicted molar refractivity (Wildman–Crippen MR) is 86.8 cm³/mol. The molecule has 7 nitrogen and oxygen atoms in total. The monoisotopic (exact) mass is 327 g/mol. The summed E-state index contributed by atoms with van der Waals surface area (Å²) in [6.45, 7) is 1.66. The maximum Gasteiger partial charge on any atom is 0.322 e. The molecule has 2 aromatic rings. The van der Waals surface area contributed by atoms with Gasteiger partial charge < -0.3 is 14.6 Å². The van der Waals surface area contributed by atoms with Gasteiger partial charge in [0.2, 0.25) is 0 Å². The highest BCUT2D eigenvalue weighted by atomic mass is 16.5. The van der Waals surface area contributed by atoms with Crippen LogP contribution in [0.5, 0.6) is 5.75 Å². The van der Waals surface area contributed by atoms with Crippen LogP contribution in [0.15, 0.2) is 47.4 Å². The number of urea groups is 1. The van der Waals surface area contributed by atoms with Crippen LogP contribution in [0.2, 0.25) is 0 Å². The molecule has 1 aromatic heterocycles. The number of rotatable bonds is 4. The molecular formula is C17H17N3O4. The van der Waals surface area contributed by atoms with Crippen molar-refractivity contribution >= 4 is 11.9 Å². The summed E-state index contributed by atoms with van der Waals surface area (Å²) in [6.07, 6.45) is 1.59. The summed E-state index contributed by atoms with van der Waals surface area (Å²) in [5, 5.41) is 4.92. The first kappa shape index (κ1) is 15.8. The number of benzene rings is 1. The van der Waals surface area contributed by atoms with Crippen molar-refractivity contribution in [3.63, 3.8) is 0 Å². The van der Waals surface area contributed by atoms with Gasteiger partial charge in [0.15, 0.2) is 5.54 Å². The lowest BCUT2D eigenvalue weighted by Gasteiger charge is -2.28. The molecule has 1 unspecified atom stereocenters. The number of amides is 3. The first-order valence-corrected chi connectivity index (χ1v) is 7.41. The fourth-order valence-electron chi connectivity index (χ4n) is 2.91. The van der Waals surface area contributed by atoms with Crippen LogP contribution >= 0.6 is 0 Å². The molecule has 2 heterocycles. The number of aryl methyl sites for hydroxylation is 1. The number of nitrogens with one attached hydrogen (secondary N) is 2. The minimum atomic E-state index is -1.42. The molecule has 0 radical (unpaired) electrons. The van der Waals surface area contributed by atoms with E-state index in [4.69, 9.17) is 4.74 Å². The van der Waals surface area contributed by atoms with Crippen molar-refractivity contribution in [3.05, 3.63) is 64.1 Å². The highest BCUT2D eigenvalue weighted by Gasteiger charge is 2.49. The number of carbonyl (C=O) groups excluding carboxylic acids is 2. The van der Waals surface area contributed by atoms with Crippen LogP contribution in [0.25, 0.3) is 0 Å². The van der Waals surface area contributed by atoms with Crippen LogP contribution in [-0.4, -0.2) is 23.6 Å². The number of aromatic nitrogens is 1. The maximum absolute atomic E-state index is 12.6. The zero-order valence-electron chi connectivity index (χ0n) is 13.3. The summed E-state index contributed by atoms with van der Waals surface area (Å²) < 4.78 is 6.75. The third-order valence-corrected chi connectivity index (χ3v) is 4.13. The lowest BCUT2D eigenvalue weighted by Crippen LogP contribution is -2.49. The molecule has 0 aliphatic carbocycles. The summed E-state index contributed by atoms with van der Waals surface area (Å²) in [4.78, 5) is 36.8. The van der Waals surface area contributed by atoms with Crippen molar-refractivity contribution in [2.24, 2.45) is 0 Å². The van der Waals surface area contributed by atoms with E-state index in [9.17, 15) is 14.4 Å². The summed E-state index contributed by atoms with van der Waals surface area (Å²) >= 11 is 0. The van der Waals surface area contributed by atoms with Gasteiger partial charge in [-0.25, -0.2) is 4.79 Å². The molecule has 2 N–H and O–H groups in total. The average Bonchev–Trinajstić information content (AvgIpc) is 2.86. The SMILES string of the molecule is COc1ccccc1C1(Cn2cccc(C)c2=O)NC(=O)NC1=O. The Labute approximate surface area is 138 Å². The van der Waals surface area contributed by atoms with Gasteiger partial charge >= 0.3 is 6.03 Å². The average molecular weight is 327 g/mol. The fourth-order valence-corrected chi connectivity index (χ4v) is 2.91. The number of nitrogens with zero attached hydrogens (tertiary/aromatic N) is 1. The molecule has 7 heteroatoms. The topological polar surface area (TPSA) is 89.4 Å². The normalized spacial score (nSPS) is 19.8. The number of para-hydroxylation sites is 1. The largest absolute Gasteiger partial charge is 0.496 e. The van der Waals surface area contributed by atoms with E-state index in [0.29, 0.717) is 16.9 Å². The molecule has 24 heavy (non-hydrogen) atoms. The van der Waals surface area contributed by atoms with Gasteiger partial charge in [0.1, 0.15) is 5.75 Å². The Morgan fingerprint density at radius 3 is 2.54 bits per heavy atom. The van der Waals surface area contributed by atoms with Crippen molar-refractivity contribution < 1.29 is 14.3 Å². The van der Waals surface area contributed by atoms with Gasteiger partial charge in [-0.3, -0.25) is 14.9 Å². The molecule has 124 valence electrons. The Morgan fingerprint density at radius 2 is 1.88 bits per heavy atom. The summed E-state index contributed by atoms with van der Waals surface area (Å²) in [7, 11) is 1.49. The zero-order chi connectivity index (χ0) is 17.3. The standard InChI is InChI=1S/C17H17N3O4/c1-11-6-5-9-20(14(11)21)10-17(15(22)18-16(23)19-17)12-7-3-4-8-13(12)24-2/h3-9H,10H2,1-2H3,(H2,18,19,22,23). The van der Waals surface area contributed by atoms with Crippen molar-refractivity contribution in [1.82, 2.24) is 15.2 Å². The molecule has 3 rings (SSSR count). The Bertz CT molecular complexity index is 874. The van der Waals surface area contributed by atoms with Crippen molar-refractivity contribution in [3.8, 4) is 5.75 Å². The first-order chi connectivity index (χ1) is 11.5. The number of imide groups is 1. The molecule has 1 aliphatic heterocycles. The van der Waals surface area contributed by atoms with E-state index in [1.54, 1.807) is 49.5 Å². The number of ether oxygens (including phenoxy) is 1. The van der Waals surface area contributed by atoms with Gasteiger partial charge in [-0.2, -0.15) is 0 Å². The smallest absolute Gasteiger partial charge is 0.322 e. The van der Waals surface area contributed by atoms with E-state index in [2.05, 4.69) is 10.6 Å². The number of methoxy groups -OCH3 is 1. The number of carbonyl (C=O) groups is 2. The van der Waals surface area contributed by atoms with Gasteiger partial charge in [0.05, 0.1) is 13.7 Å². The van der Waals surface area contributed by atoms with Crippen molar-refractivity contribution in [2.75, 3.05) is 7.11 Å². The lowest BCUT2D eigenvalue weighted by molar-refractivity contribution is -0.124. The molecule has 1 fully saturated rings. The fraction of sp³-hybridized carbons (Fsp3) is 0.235. The van der Waals surface area contributed by atoms with E-state index in [0.717, 1.165) is 0 Å². The predicted octanol–water partition coefficient (Wildman–Crippen LogP) is 0.900. The second-order valence-electron chi connectivity index (χ2n) is 5.64. The maximum atomic E-state index is 12.6. The number of hydrogen-bond donors (Lipinski definition) is 2. The Balaban J connectivity index is 2.18. The van der Waals surface area contributed by atoms with Crippen molar-refractivity contribution in [1.29, 1.82) is 0 Å². The Kier molecular flexibility index (Phi) is 3.84. The van der Waals surface area contributed by atoms with E-state index < -0.39 is 17.5 Å². The van der Waals surface area contributed by atoms with E-state index >= 15 is 0 Å². The van der Waals surface area contributed by atoms with Crippen LogP contribution in [-0.2, 0) is 16.9 Å². The van der Waals surface area contributed by atoms with Gasteiger partial charge in [0.25, 0.3) is 11.5 Å². The highest BCUT2D eigenvalue weighted by molar-refractivity contribution is 6.07. The molecule has 1 aromatic carbocycles. The summed E-state index contributed by atoms with van der Waals surface area (Å²) in [5.74, 6) is -0.0686. The van der Waals surface area contributed by atoms with Gasteiger partial charge in [-0.15, -0.1) is 0 Å². The summed E-state index contributed by atoms with van der Waals surface area (Å²) in [5.41, 5.74) is -0.594. The van der Waals surface area contributed by atoms with Gasteiger partial charge in [-0.1, -0.05) is 24.3 Å². The zero-order valence-corrected chi connectivity index (χ0v) is 13.3. The van der Waals surface area contributed by atoms with Crippen LogP contribution < -0.4 is 20.9 Å². The minimum Gasteiger partial charge on any atom is -0.496 e. The van der Waals surface area contributed by atoms with Crippen LogP contribution in [0.3, 0.4) is 0 Å². The molecular weight excluding hydrogens is 310 g/mol. The van der Waals surface area contributed by atoms with Crippen LogP contribution in [0.4, 0.5) is 4.79 Å². The third kappa shape index (κ3) is 2.44. The third-order valence-electron chi connectivity index (χ3n) is 4.13. The molecule has 0 saturated carbocycles. The second-order valence-corrected chi connectivity index (χ2v) is 5.64.